The Hall–Kier alpha value is -2.27. The van der Waals surface area contributed by atoms with Crippen molar-refractivity contribution in [2.45, 2.75) is 0 Å². The average molecular weight is 274 g/mol. The summed E-state index contributed by atoms with van der Waals surface area (Å²) in [5.41, 5.74) is 13.6. The summed E-state index contributed by atoms with van der Waals surface area (Å²) in [7, 11) is 0. The molecule has 5 heteroatoms. The molecule has 0 aliphatic heterocycles. The molecule has 0 heterocycles. The van der Waals surface area contributed by atoms with E-state index in [0.29, 0.717) is 17.4 Å². The first-order valence-corrected chi connectivity index (χ1v) is 6.12. The van der Waals surface area contributed by atoms with Gasteiger partial charge in [0.25, 0.3) is 0 Å². The second kappa shape index (κ2) is 7.23. The number of hydrogen-bond acceptors (Lipinski definition) is 4. The van der Waals surface area contributed by atoms with Crippen molar-refractivity contribution in [1.29, 1.82) is 0 Å². The number of anilines is 1. The highest BCUT2D eigenvalue weighted by atomic mass is 32.1. The topological polar surface area (TPSA) is 76.1 Å². The fraction of sp³-hybridized carbons (Fsp3) is 0.0714. The predicted octanol–water partition coefficient (Wildman–Crippen LogP) is 2.02. The van der Waals surface area contributed by atoms with Crippen molar-refractivity contribution in [1.82, 2.24) is 5.32 Å². The van der Waals surface area contributed by atoms with E-state index in [1.807, 2.05) is 18.2 Å². The minimum Gasteiger partial charge on any atom is -0.402 e. The SMILES string of the molecule is C=Cc1cccc(NC(=S)CN/C(N)=C/N)c1C=C. The van der Waals surface area contributed by atoms with E-state index < -0.39 is 0 Å². The highest BCUT2D eigenvalue weighted by Crippen LogP contribution is 2.22. The summed E-state index contributed by atoms with van der Waals surface area (Å²) in [6, 6.07) is 5.82. The summed E-state index contributed by atoms with van der Waals surface area (Å²) < 4.78 is 0. The van der Waals surface area contributed by atoms with Crippen molar-refractivity contribution < 1.29 is 0 Å². The summed E-state index contributed by atoms with van der Waals surface area (Å²) in [6.45, 7) is 7.98. The molecule has 0 radical (unpaired) electrons. The maximum Gasteiger partial charge on any atom is 0.112 e. The molecule has 0 saturated heterocycles. The van der Waals surface area contributed by atoms with Crippen LogP contribution in [0.3, 0.4) is 0 Å². The summed E-state index contributed by atoms with van der Waals surface area (Å²) in [5.74, 6) is 0.382. The van der Waals surface area contributed by atoms with Crippen molar-refractivity contribution in [3.05, 3.63) is 54.5 Å². The van der Waals surface area contributed by atoms with Crippen LogP contribution < -0.4 is 22.1 Å². The third-order valence-corrected chi connectivity index (χ3v) is 2.72. The van der Waals surface area contributed by atoms with Crippen molar-refractivity contribution in [2.24, 2.45) is 11.5 Å². The summed E-state index contributed by atoms with van der Waals surface area (Å²) >= 11 is 5.23. The van der Waals surface area contributed by atoms with Gasteiger partial charge in [-0.3, -0.25) is 0 Å². The zero-order valence-electron chi connectivity index (χ0n) is 10.6. The Kier molecular flexibility index (Phi) is 5.63. The maximum absolute atomic E-state index is 5.52. The monoisotopic (exact) mass is 274 g/mol. The number of benzene rings is 1. The number of hydrogen-bond donors (Lipinski definition) is 4. The summed E-state index contributed by atoms with van der Waals surface area (Å²) in [6.07, 6.45) is 4.83. The van der Waals surface area contributed by atoms with E-state index in [4.69, 9.17) is 23.7 Å². The molecule has 0 fully saturated rings. The minimum atomic E-state index is 0.382. The van der Waals surface area contributed by atoms with Crippen LogP contribution in [0.5, 0.6) is 0 Å². The molecule has 100 valence electrons. The van der Waals surface area contributed by atoms with Gasteiger partial charge in [-0.15, -0.1) is 0 Å². The van der Waals surface area contributed by atoms with E-state index in [-0.39, 0.29) is 0 Å². The third-order valence-electron chi connectivity index (χ3n) is 2.47. The zero-order valence-corrected chi connectivity index (χ0v) is 11.5. The van der Waals surface area contributed by atoms with Crippen molar-refractivity contribution >= 4 is 35.0 Å². The molecule has 1 aromatic carbocycles. The number of nitrogens with one attached hydrogen (secondary N) is 2. The van der Waals surface area contributed by atoms with Crippen molar-refractivity contribution in [3.8, 4) is 0 Å². The average Bonchev–Trinajstić information content (AvgIpc) is 2.44. The van der Waals surface area contributed by atoms with Crippen LogP contribution in [0.2, 0.25) is 0 Å². The fourth-order valence-electron chi connectivity index (χ4n) is 1.53. The molecule has 0 spiro atoms. The molecule has 0 unspecified atom stereocenters. The van der Waals surface area contributed by atoms with Gasteiger partial charge in [0.2, 0.25) is 0 Å². The van der Waals surface area contributed by atoms with E-state index in [9.17, 15) is 0 Å². The van der Waals surface area contributed by atoms with Crippen LogP contribution in [0.15, 0.2) is 43.4 Å². The van der Waals surface area contributed by atoms with Crippen LogP contribution in [0.4, 0.5) is 5.69 Å². The van der Waals surface area contributed by atoms with Gasteiger partial charge in [-0.25, -0.2) is 0 Å². The molecular weight excluding hydrogens is 256 g/mol. The quantitative estimate of drug-likeness (QED) is 0.597. The zero-order chi connectivity index (χ0) is 14.3. The molecule has 0 saturated carbocycles. The number of thiocarbonyl (C=S) groups is 1. The highest BCUT2D eigenvalue weighted by Gasteiger charge is 2.05. The van der Waals surface area contributed by atoms with Crippen LogP contribution in [-0.4, -0.2) is 11.5 Å². The van der Waals surface area contributed by atoms with Crippen molar-refractivity contribution in [2.75, 3.05) is 11.9 Å². The Bertz CT molecular complexity index is 520. The van der Waals surface area contributed by atoms with Crippen molar-refractivity contribution in [3.63, 3.8) is 0 Å². The molecule has 0 bridgehead atoms. The molecule has 1 aromatic rings. The van der Waals surface area contributed by atoms with E-state index in [2.05, 4.69) is 23.8 Å². The fourth-order valence-corrected chi connectivity index (χ4v) is 1.72. The Morgan fingerprint density at radius 3 is 2.63 bits per heavy atom. The normalized spacial score (nSPS) is 10.6. The smallest absolute Gasteiger partial charge is 0.112 e. The second-order valence-corrected chi connectivity index (χ2v) is 4.23. The van der Waals surface area contributed by atoms with Crippen LogP contribution in [-0.2, 0) is 0 Å². The third kappa shape index (κ3) is 4.15. The van der Waals surface area contributed by atoms with Gasteiger partial charge in [-0.2, -0.15) is 0 Å². The standard InChI is InChI=1S/C14H18N4S/c1-3-10-6-5-7-12(11(10)4-2)18-14(19)9-17-13(16)8-15/h3-8,17H,1-2,9,15-16H2,(H,18,19)/b13-8+. The first kappa shape index (κ1) is 14.8. The minimum absolute atomic E-state index is 0.382. The largest absolute Gasteiger partial charge is 0.402 e. The molecule has 0 aromatic heterocycles. The van der Waals surface area contributed by atoms with Gasteiger partial charge in [-0.05, 0) is 11.6 Å². The van der Waals surface area contributed by atoms with Gasteiger partial charge in [0.1, 0.15) is 5.82 Å². The van der Waals surface area contributed by atoms with Gasteiger partial charge in [-0.1, -0.05) is 49.7 Å². The molecule has 0 amide bonds. The lowest BCUT2D eigenvalue weighted by Crippen LogP contribution is -2.30. The van der Waals surface area contributed by atoms with Crippen LogP contribution in [0.25, 0.3) is 12.2 Å². The Balaban J connectivity index is 2.79. The first-order valence-electron chi connectivity index (χ1n) is 5.71. The first-order chi connectivity index (χ1) is 9.12. The summed E-state index contributed by atoms with van der Waals surface area (Å²) in [5, 5.41) is 6.02. The molecule has 6 N–H and O–H groups in total. The Morgan fingerprint density at radius 2 is 2.05 bits per heavy atom. The van der Waals surface area contributed by atoms with Crippen LogP contribution in [0, 0.1) is 0 Å². The van der Waals surface area contributed by atoms with E-state index >= 15 is 0 Å². The molecule has 19 heavy (non-hydrogen) atoms. The van der Waals surface area contributed by atoms with Crippen LogP contribution >= 0.6 is 12.2 Å². The molecule has 1 rings (SSSR count). The molecule has 0 aliphatic rings. The van der Waals surface area contributed by atoms with Gasteiger partial charge in [0.05, 0.1) is 11.5 Å². The van der Waals surface area contributed by atoms with Crippen LogP contribution in [0.1, 0.15) is 11.1 Å². The molecular formula is C14H18N4S. The van der Waals surface area contributed by atoms with E-state index in [0.717, 1.165) is 16.8 Å². The highest BCUT2D eigenvalue weighted by molar-refractivity contribution is 7.80. The molecule has 0 atom stereocenters. The van der Waals surface area contributed by atoms with E-state index in [1.165, 1.54) is 6.20 Å². The second-order valence-electron chi connectivity index (χ2n) is 3.74. The Labute approximate surface area is 118 Å². The van der Waals surface area contributed by atoms with E-state index in [1.54, 1.807) is 12.2 Å². The maximum atomic E-state index is 5.52. The molecule has 4 nitrogen and oxygen atoms in total. The summed E-state index contributed by atoms with van der Waals surface area (Å²) in [4.78, 5) is 0.606. The van der Waals surface area contributed by atoms with Gasteiger partial charge in [0.15, 0.2) is 0 Å². The number of rotatable bonds is 6. The predicted molar refractivity (Wildman–Crippen MR) is 87.3 cm³/mol. The van der Waals surface area contributed by atoms with Gasteiger partial charge >= 0.3 is 0 Å². The Morgan fingerprint density at radius 1 is 1.32 bits per heavy atom. The lowest BCUT2D eigenvalue weighted by Gasteiger charge is -2.13. The molecule has 0 aliphatic carbocycles. The van der Waals surface area contributed by atoms with Gasteiger partial charge < -0.3 is 22.1 Å². The lowest BCUT2D eigenvalue weighted by molar-refractivity contribution is 0.907. The van der Waals surface area contributed by atoms with Gasteiger partial charge in [0, 0.05) is 17.5 Å². The number of nitrogens with two attached hydrogens (primary N) is 2. The lowest BCUT2D eigenvalue weighted by atomic mass is 10.1.